The minimum absolute atomic E-state index is 0.0172. The number of carbonyl (C=O) groups is 1. The van der Waals surface area contributed by atoms with E-state index in [0.29, 0.717) is 0 Å². The fourth-order valence-corrected chi connectivity index (χ4v) is 2.93. The van der Waals surface area contributed by atoms with Crippen LogP contribution < -0.4 is 5.32 Å². The molecule has 1 aliphatic heterocycles. The second-order valence-corrected chi connectivity index (χ2v) is 5.89. The lowest BCUT2D eigenvalue weighted by Crippen LogP contribution is -2.21. The van der Waals surface area contributed by atoms with Crippen LogP contribution in [-0.2, 0) is 17.8 Å². The number of fused-ring (bicyclic) bond motifs is 4. The van der Waals surface area contributed by atoms with Gasteiger partial charge in [-0.3, -0.25) is 14.5 Å². The van der Waals surface area contributed by atoms with Crippen LogP contribution in [0.1, 0.15) is 38.8 Å². The van der Waals surface area contributed by atoms with Crippen molar-refractivity contribution in [2.45, 2.75) is 46.1 Å². The topological polar surface area (TPSA) is 59.8 Å². The zero-order valence-corrected chi connectivity index (χ0v) is 13.2. The number of pyridine rings is 1. The highest BCUT2D eigenvalue weighted by molar-refractivity contribution is 5.95. The lowest BCUT2D eigenvalue weighted by atomic mass is 10.00. The molecule has 1 N–H and O–H groups in total. The first kappa shape index (κ1) is 14.8. The maximum absolute atomic E-state index is 12.4. The standard InChI is InChI=1S/C17H22N4O/c1-3-21-16-13-8-9-18-14(10-13)7-5-4-6-12(2)17(22)20-15(16)11-19-21/h8-12H,3-7H2,1-2H3,(H,20,22). The maximum atomic E-state index is 12.4. The van der Waals surface area contributed by atoms with E-state index in [4.69, 9.17) is 0 Å². The van der Waals surface area contributed by atoms with Crippen LogP contribution in [0.2, 0.25) is 0 Å². The highest BCUT2D eigenvalue weighted by atomic mass is 16.1. The highest BCUT2D eigenvalue weighted by Crippen LogP contribution is 2.29. The third-order valence-corrected chi connectivity index (χ3v) is 4.25. The Morgan fingerprint density at radius 1 is 1.41 bits per heavy atom. The summed E-state index contributed by atoms with van der Waals surface area (Å²) in [6, 6.07) is 4.10. The molecule has 2 bridgehead atoms. The number of rotatable bonds is 1. The molecule has 0 aromatic carbocycles. The van der Waals surface area contributed by atoms with Gasteiger partial charge in [-0.1, -0.05) is 13.3 Å². The normalized spacial score (nSPS) is 18.8. The molecule has 0 saturated heterocycles. The van der Waals surface area contributed by atoms with E-state index in [1.807, 2.05) is 23.9 Å². The Morgan fingerprint density at radius 2 is 2.27 bits per heavy atom. The summed E-state index contributed by atoms with van der Waals surface area (Å²) in [5, 5.41) is 7.45. The molecule has 2 aromatic heterocycles. The van der Waals surface area contributed by atoms with Crippen LogP contribution >= 0.6 is 0 Å². The summed E-state index contributed by atoms with van der Waals surface area (Å²) in [6.07, 6.45) is 7.56. The second kappa shape index (κ2) is 6.30. The molecule has 3 rings (SSSR count). The molecule has 0 fully saturated rings. The first-order valence-corrected chi connectivity index (χ1v) is 8.01. The summed E-state index contributed by atoms with van der Waals surface area (Å²) < 4.78 is 1.92. The van der Waals surface area contributed by atoms with Crippen LogP contribution in [0.15, 0.2) is 24.5 Å². The van der Waals surface area contributed by atoms with Gasteiger partial charge in [-0.15, -0.1) is 0 Å². The van der Waals surface area contributed by atoms with Crippen molar-refractivity contribution in [2.75, 3.05) is 5.32 Å². The SMILES string of the molecule is CCn1ncc2c1-c1ccnc(c1)CCCCC(C)C(=O)N2. The van der Waals surface area contributed by atoms with E-state index in [1.165, 1.54) is 0 Å². The fourth-order valence-electron chi connectivity index (χ4n) is 2.93. The Balaban J connectivity index is 2.09. The van der Waals surface area contributed by atoms with Gasteiger partial charge in [-0.05, 0) is 38.3 Å². The molecule has 0 aliphatic carbocycles. The van der Waals surface area contributed by atoms with E-state index in [1.54, 1.807) is 6.20 Å². The molecule has 2 aromatic rings. The fraction of sp³-hybridized carbons (Fsp3) is 0.471. The predicted octanol–water partition coefficient (Wildman–Crippen LogP) is 3.27. The lowest BCUT2D eigenvalue weighted by Gasteiger charge is -2.15. The molecule has 5 heteroatoms. The molecule has 0 saturated carbocycles. The predicted molar refractivity (Wildman–Crippen MR) is 86.5 cm³/mol. The summed E-state index contributed by atoms with van der Waals surface area (Å²) in [5.74, 6) is 0.0929. The number of nitrogens with zero attached hydrogens (tertiary/aromatic N) is 3. The molecule has 1 aliphatic rings. The number of aryl methyl sites for hydroxylation is 2. The van der Waals surface area contributed by atoms with Crippen molar-refractivity contribution >= 4 is 11.6 Å². The molecule has 22 heavy (non-hydrogen) atoms. The van der Waals surface area contributed by atoms with E-state index >= 15 is 0 Å². The smallest absolute Gasteiger partial charge is 0.227 e. The summed E-state index contributed by atoms with van der Waals surface area (Å²) in [5.41, 5.74) is 3.92. The van der Waals surface area contributed by atoms with Crippen molar-refractivity contribution in [3.05, 3.63) is 30.2 Å². The monoisotopic (exact) mass is 298 g/mol. The van der Waals surface area contributed by atoms with Crippen LogP contribution in [0.5, 0.6) is 0 Å². The highest BCUT2D eigenvalue weighted by Gasteiger charge is 2.19. The van der Waals surface area contributed by atoms with E-state index in [2.05, 4.69) is 28.4 Å². The van der Waals surface area contributed by atoms with Crippen molar-refractivity contribution < 1.29 is 4.79 Å². The Bertz CT molecular complexity index is 677. The number of nitrogens with one attached hydrogen (secondary N) is 1. The average molecular weight is 298 g/mol. The van der Waals surface area contributed by atoms with Crippen molar-refractivity contribution in [3.8, 4) is 11.3 Å². The average Bonchev–Trinajstić information content (AvgIpc) is 2.93. The molecule has 116 valence electrons. The van der Waals surface area contributed by atoms with Gasteiger partial charge in [0.15, 0.2) is 0 Å². The molecule has 1 atom stereocenters. The van der Waals surface area contributed by atoms with Gasteiger partial charge in [0.1, 0.15) is 0 Å². The van der Waals surface area contributed by atoms with Gasteiger partial charge >= 0.3 is 0 Å². The molecular weight excluding hydrogens is 276 g/mol. The number of amides is 1. The van der Waals surface area contributed by atoms with E-state index in [0.717, 1.165) is 54.9 Å². The summed E-state index contributed by atoms with van der Waals surface area (Å²) in [4.78, 5) is 16.8. The number of anilines is 1. The Labute approximate surface area is 130 Å². The maximum Gasteiger partial charge on any atom is 0.227 e. The van der Waals surface area contributed by atoms with Gasteiger partial charge in [-0.25, -0.2) is 0 Å². The van der Waals surface area contributed by atoms with Crippen LogP contribution in [0.4, 0.5) is 5.69 Å². The van der Waals surface area contributed by atoms with Crippen LogP contribution in [0.25, 0.3) is 11.3 Å². The third-order valence-electron chi connectivity index (χ3n) is 4.25. The number of aromatic nitrogens is 3. The molecule has 1 amide bonds. The quantitative estimate of drug-likeness (QED) is 0.879. The number of hydrogen-bond donors (Lipinski definition) is 1. The van der Waals surface area contributed by atoms with Gasteiger partial charge in [0.05, 0.1) is 17.6 Å². The summed E-state index contributed by atoms with van der Waals surface area (Å²) in [6.45, 7) is 4.80. The number of carbonyl (C=O) groups excluding carboxylic acids is 1. The molecule has 0 spiro atoms. The van der Waals surface area contributed by atoms with Crippen molar-refractivity contribution in [2.24, 2.45) is 5.92 Å². The third kappa shape index (κ3) is 2.89. The minimum Gasteiger partial charge on any atom is -0.323 e. The van der Waals surface area contributed by atoms with Crippen molar-refractivity contribution in [1.29, 1.82) is 0 Å². The Morgan fingerprint density at radius 3 is 3.09 bits per heavy atom. The summed E-state index contributed by atoms with van der Waals surface area (Å²) in [7, 11) is 0. The van der Waals surface area contributed by atoms with Gasteiger partial charge in [0.2, 0.25) is 5.91 Å². The van der Waals surface area contributed by atoms with Gasteiger partial charge in [0.25, 0.3) is 0 Å². The van der Waals surface area contributed by atoms with Gasteiger partial charge < -0.3 is 5.32 Å². The largest absolute Gasteiger partial charge is 0.323 e. The van der Waals surface area contributed by atoms with Gasteiger partial charge in [0, 0.05) is 29.9 Å². The molecule has 5 nitrogen and oxygen atoms in total. The van der Waals surface area contributed by atoms with Crippen LogP contribution in [0.3, 0.4) is 0 Å². The zero-order valence-electron chi connectivity index (χ0n) is 13.2. The van der Waals surface area contributed by atoms with E-state index in [9.17, 15) is 4.79 Å². The van der Waals surface area contributed by atoms with Crippen molar-refractivity contribution in [3.63, 3.8) is 0 Å². The van der Waals surface area contributed by atoms with E-state index in [-0.39, 0.29) is 11.8 Å². The first-order chi connectivity index (χ1) is 10.7. The molecular formula is C17H22N4O. The molecule has 0 radical (unpaired) electrons. The van der Waals surface area contributed by atoms with Crippen molar-refractivity contribution in [1.82, 2.24) is 14.8 Å². The van der Waals surface area contributed by atoms with E-state index < -0.39 is 0 Å². The lowest BCUT2D eigenvalue weighted by molar-refractivity contribution is -0.119. The minimum atomic E-state index is 0.0172. The number of hydrogen-bond acceptors (Lipinski definition) is 3. The Kier molecular flexibility index (Phi) is 4.22. The second-order valence-electron chi connectivity index (χ2n) is 5.89. The van der Waals surface area contributed by atoms with Gasteiger partial charge in [-0.2, -0.15) is 5.10 Å². The molecule has 1 unspecified atom stereocenters. The Hall–Kier alpha value is -2.17. The van der Waals surface area contributed by atoms with Crippen LogP contribution in [0, 0.1) is 5.92 Å². The summed E-state index contributed by atoms with van der Waals surface area (Å²) >= 11 is 0. The van der Waals surface area contributed by atoms with Crippen LogP contribution in [-0.4, -0.2) is 20.7 Å². The zero-order chi connectivity index (χ0) is 15.5. The first-order valence-electron chi connectivity index (χ1n) is 8.01. The molecule has 3 heterocycles.